The number of carbonyl (C=O) groups is 2. The molecule has 1 aromatic carbocycles. The molecule has 1 N–H and O–H groups in total. The van der Waals surface area contributed by atoms with E-state index in [4.69, 9.17) is 11.6 Å². The lowest BCUT2D eigenvalue weighted by molar-refractivity contribution is -0.157. The van der Waals surface area contributed by atoms with Gasteiger partial charge in [0.05, 0.1) is 12.0 Å². The molecule has 1 saturated heterocycles. The Labute approximate surface area is 181 Å². The number of nitrogens with zero attached hydrogens (tertiary/aromatic N) is 2. The number of hydrogen-bond donors (Lipinski definition) is 1. The molecule has 4 saturated carbocycles. The van der Waals surface area contributed by atoms with Crippen molar-refractivity contribution in [3.63, 3.8) is 0 Å². The molecule has 0 unspecified atom stereocenters. The summed E-state index contributed by atoms with van der Waals surface area (Å²) in [5, 5.41) is 2.74. The lowest BCUT2D eigenvalue weighted by atomic mass is 9.49. The van der Waals surface area contributed by atoms with Crippen LogP contribution in [0, 0.1) is 23.1 Å². The number of hydrogen-bond acceptors (Lipinski definition) is 3. The maximum absolute atomic E-state index is 13.5. The third kappa shape index (κ3) is 3.84. The Balaban J connectivity index is 1.15. The third-order valence-electron chi connectivity index (χ3n) is 7.58. The van der Waals surface area contributed by atoms with Crippen LogP contribution >= 0.6 is 11.6 Å². The maximum atomic E-state index is 13.5. The first-order valence-electron chi connectivity index (χ1n) is 11.1. The first-order valence-corrected chi connectivity index (χ1v) is 11.5. The average Bonchev–Trinajstić information content (AvgIpc) is 2.66. The highest BCUT2D eigenvalue weighted by molar-refractivity contribution is 6.24. The van der Waals surface area contributed by atoms with Gasteiger partial charge in [-0.15, -0.1) is 11.6 Å². The molecule has 5 aliphatic rings. The fourth-order valence-electron chi connectivity index (χ4n) is 6.82. The van der Waals surface area contributed by atoms with Crippen molar-refractivity contribution < 1.29 is 14.0 Å². The van der Waals surface area contributed by atoms with E-state index in [0.29, 0.717) is 49.6 Å². The van der Waals surface area contributed by atoms with Gasteiger partial charge in [-0.3, -0.25) is 14.5 Å². The van der Waals surface area contributed by atoms with Crippen LogP contribution in [-0.4, -0.2) is 59.2 Å². The molecule has 1 heterocycles. The number of piperazine rings is 1. The molecular formula is C23H29ClFN3O2. The van der Waals surface area contributed by atoms with Crippen molar-refractivity contribution >= 4 is 29.1 Å². The van der Waals surface area contributed by atoms with Crippen LogP contribution in [0.4, 0.5) is 10.1 Å². The molecule has 5 fully saturated rings. The largest absolute Gasteiger partial charge is 0.340 e. The molecule has 1 aromatic rings. The first kappa shape index (κ1) is 20.3. The molecule has 162 valence electrons. The molecular weight excluding hydrogens is 405 g/mol. The average molecular weight is 434 g/mol. The Morgan fingerprint density at radius 3 is 2.43 bits per heavy atom. The predicted molar refractivity (Wildman–Crippen MR) is 114 cm³/mol. The van der Waals surface area contributed by atoms with Crippen LogP contribution in [0.2, 0.25) is 0 Å². The van der Waals surface area contributed by atoms with Gasteiger partial charge in [0.25, 0.3) is 0 Å². The second kappa shape index (κ2) is 7.49. The summed E-state index contributed by atoms with van der Waals surface area (Å²) < 4.78 is 13.3. The highest BCUT2D eigenvalue weighted by Crippen LogP contribution is 2.64. The topological polar surface area (TPSA) is 52.7 Å². The number of amides is 2. The molecule has 1 aliphatic heterocycles. The summed E-state index contributed by atoms with van der Waals surface area (Å²) in [6.45, 7) is 2.91. The summed E-state index contributed by atoms with van der Waals surface area (Å²) in [7, 11) is 0. The third-order valence-corrected chi connectivity index (χ3v) is 8.02. The summed E-state index contributed by atoms with van der Waals surface area (Å²) in [6, 6.07) is 5.91. The Kier molecular flexibility index (Phi) is 5.05. The minimum absolute atomic E-state index is 0.156. The molecule has 4 bridgehead atoms. The van der Waals surface area contributed by atoms with Gasteiger partial charge < -0.3 is 10.2 Å². The fourth-order valence-corrected chi connectivity index (χ4v) is 7.51. The van der Waals surface area contributed by atoms with Gasteiger partial charge >= 0.3 is 0 Å². The van der Waals surface area contributed by atoms with E-state index in [0.717, 1.165) is 32.1 Å². The van der Waals surface area contributed by atoms with Crippen molar-refractivity contribution in [3.05, 3.63) is 30.1 Å². The van der Waals surface area contributed by atoms with Gasteiger partial charge in [-0.2, -0.15) is 0 Å². The van der Waals surface area contributed by atoms with Crippen molar-refractivity contribution in [3.8, 4) is 0 Å². The van der Waals surface area contributed by atoms with E-state index in [1.54, 1.807) is 12.1 Å². The van der Waals surface area contributed by atoms with E-state index < -0.39 is 0 Å². The number of alkyl halides is 1. The second-order valence-electron chi connectivity index (χ2n) is 10.0. The van der Waals surface area contributed by atoms with E-state index in [9.17, 15) is 14.0 Å². The number of halogens is 2. The van der Waals surface area contributed by atoms with E-state index in [2.05, 4.69) is 10.2 Å². The molecule has 0 aromatic heterocycles. The standard InChI is InChI=1S/C23H29ClFN3O2/c24-23-12-16-8-17(13-23)11-22(10-16,15-23)21(30)28-6-4-27(5-7-28)14-20(29)26-19-3-1-2-18(25)9-19/h1-3,9,16-17H,4-8,10-15H2,(H,26,29)/t16-,17-,22?,23?/m1/s1. The Bertz CT molecular complexity index is 841. The zero-order chi connectivity index (χ0) is 20.9. The number of nitrogens with one attached hydrogen (secondary N) is 1. The van der Waals surface area contributed by atoms with Gasteiger partial charge in [0.15, 0.2) is 0 Å². The molecule has 0 radical (unpaired) electrons. The van der Waals surface area contributed by atoms with E-state index in [1.165, 1.54) is 18.6 Å². The number of anilines is 1. The zero-order valence-corrected chi connectivity index (χ0v) is 18.0. The van der Waals surface area contributed by atoms with Crippen LogP contribution in [0.1, 0.15) is 38.5 Å². The van der Waals surface area contributed by atoms with Crippen molar-refractivity contribution in [1.29, 1.82) is 0 Å². The monoisotopic (exact) mass is 433 g/mol. The summed E-state index contributed by atoms with van der Waals surface area (Å²) in [5.41, 5.74) is 0.216. The zero-order valence-electron chi connectivity index (χ0n) is 17.2. The highest BCUT2D eigenvalue weighted by Gasteiger charge is 2.60. The molecule has 0 spiro atoms. The van der Waals surface area contributed by atoms with Gasteiger partial charge in [-0.05, 0) is 68.6 Å². The lowest BCUT2D eigenvalue weighted by Gasteiger charge is -2.60. The number of benzene rings is 1. The maximum Gasteiger partial charge on any atom is 0.238 e. The van der Waals surface area contributed by atoms with E-state index >= 15 is 0 Å². The van der Waals surface area contributed by atoms with Gasteiger partial charge in [-0.25, -0.2) is 4.39 Å². The van der Waals surface area contributed by atoms with Gasteiger partial charge in [0.2, 0.25) is 11.8 Å². The van der Waals surface area contributed by atoms with Gasteiger partial charge in [0.1, 0.15) is 5.82 Å². The van der Waals surface area contributed by atoms with Crippen LogP contribution in [0.25, 0.3) is 0 Å². The quantitative estimate of drug-likeness (QED) is 0.739. The van der Waals surface area contributed by atoms with Crippen LogP contribution in [0.3, 0.4) is 0 Å². The van der Waals surface area contributed by atoms with Crippen LogP contribution in [0.5, 0.6) is 0 Å². The van der Waals surface area contributed by atoms with Crippen LogP contribution in [0.15, 0.2) is 24.3 Å². The summed E-state index contributed by atoms with van der Waals surface area (Å²) >= 11 is 6.91. The first-order chi connectivity index (χ1) is 14.3. The van der Waals surface area contributed by atoms with E-state index in [-0.39, 0.29) is 28.6 Å². The molecule has 2 atom stereocenters. The van der Waals surface area contributed by atoms with E-state index in [1.807, 2.05) is 4.90 Å². The summed E-state index contributed by atoms with van der Waals surface area (Å²) in [4.78, 5) is 29.7. The fraction of sp³-hybridized carbons (Fsp3) is 0.652. The SMILES string of the molecule is O=C(CN1CCN(C(=O)C23C[C@H]4C[C@@H](CC(Cl)(C4)C2)C3)CC1)Nc1cccc(F)c1. The van der Waals surface area contributed by atoms with Gasteiger partial charge in [-0.1, -0.05) is 6.07 Å². The Hall–Kier alpha value is -1.66. The number of rotatable bonds is 4. The van der Waals surface area contributed by atoms with Crippen molar-refractivity contribution in [2.75, 3.05) is 38.0 Å². The minimum atomic E-state index is -0.372. The Morgan fingerprint density at radius 1 is 1.10 bits per heavy atom. The van der Waals surface area contributed by atoms with Gasteiger partial charge in [0, 0.05) is 36.7 Å². The van der Waals surface area contributed by atoms with Crippen molar-refractivity contribution in [2.45, 2.75) is 43.4 Å². The molecule has 30 heavy (non-hydrogen) atoms. The van der Waals surface area contributed by atoms with Crippen molar-refractivity contribution in [2.24, 2.45) is 17.3 Å². The smallest absolute Gasteiger partial charge is 0.238 e. The lowest BCUT2D eigenvalue weighted by Crippen LogP contribution is -2.61. The summed E-state index contributed by atoms with van der Waals surface area (Å²) in [5.74, 6) is 0.986. The molecule has 5 nitrogen and oxygen atoms in total. The minimum Gasteiger partial charge on any atom is -0.340 e. The molecule has 4 aliphatic carbocycles. The molecule has 6 rings (SSSR count). The molecule has 2 amide bonds. The van der Waals surface area contributed by atoms with Crippen molar-refractivity contribution in [1.82, 2.24) is 9.80 Å². The predicted octanol–water partition coefficient (Wildman–Crippen LogP) is 3.49. The highest BCUT2D eigenvalue weighted by atomic mass is 35.5. The molecule has 7 heteroatoms. The Morgan fingerprint density at radius 2 is 1.80 bits per heavy atom. The normalized spacial score (nSPS) is 35.5. The second-order valence-corrected chi connectivity index (χ2v) is 10.8. The van der Waals surface area contributed by atoms with Crippen LogP contribution < -0.4 is 5.32 Å². The summed E-state index contributed by atoms with van der Waals surface area (Å²) in [6.07, 6.45) is 6.25. The number of carbonyl (C=O) groups excluding carboxylic acids is 2. The van der Waals surface area contributed by atoms with Crippen LogP contribution in [-0.2, 0) is 9.59 Å².